The van der Waals surface area contributed by atoms with E-state index in [0.717, 1.165) is 18.7 Å². The summed E-state index contributed by atoms with van der Waals surface area (Å²) < 4.78 is 0. The van der Waals surface area contributed by atoms with Crippen LogP contribution in [0, 0.1) is 41.9 Å². The van der Waals surface area contributed by atoms with Crippen molar-refractivity contribution < 1.29 is 0 Å². The van der Waals surface area contributed by atoms with Gasteiger partial charge in [0.05, 0.1) is 0 Å². The zero-order chi connectivity index (χ0) is 31.0. The quantitative estimate of drug-likeness (QED) is 0.205. The second kappa shape index (κ2) is 19.1. The minimum Gasteiger partial charge on any atom is -0.402 e. The van der Waals surface area contributed by atoms with E-state index >= 15 is 0 Å². The number of H-pyrrole nitrogens is 1. The largest absolute Gasteiger partial charge is 0.402 e. The van der Waals surface area contributed by atoms with E-state index in [1.807, 2.05) is 13.8 Å². The van der Waals surface area contributed by atoms with Crippen molar-refractivity contribution in [2.75, 3.05) is 6.54 Å². The van der Waals surface area contributed by atoms with Crippen molar-refractivity contribution in [2.45, 2.75) is 122 Å². The number of nitrogens with two attached hydrogens (primary N) is 1. The lowest BCUT2D eigenvalue weighted by atomic mass is 9.79. The summed E-state index contributed by atoms with van der Waals surface area (Å²) in [5.41, 5.74) is 11.7. The van der Waals surface area contributed by atoms with Gasteiger partial charge in [0.15, 0.2) is 0 Å². The van der Waals surface area contributed by atoms with Crippen molar-refractivity contribution in [3.8, 4) is 0 Å². The van der Waals surface area contributed by atoms with Gasteiger partial charge in [-0.3, -0.25) is 0 Å². The number of aromatic amines is 1. The lowest BCUT2D eigenvalue weighted by Crippen LogP contribution is -2.35. The average molecular weight is 554 g/mol. The van der Waals surface area contributed by atoms with Crippen LogP contribution in [0.4, 0.5) is 0 Å². The van der Waals surface area contributed by atoms with Gasteiger partial charge in [0, 0.05) is 46.4 Å². The van der Waals surface area contributed by atoms with Crippen molar-refractivity contribution in [3.05, 3.63) is 60.1 Å². The highest BCUT2D eigenvalue weighted by Crippen LogP contribution is 2.32. The van der Waals surface area contributed by atoms with Crippen molar-refractivity contribution >= 4 is 10.9 Å². The van der Waals surface area contributed by atoms with Gasteiger partial charge in [-0.2, -0.15) is 0 Å². The molecule has 0 aliphatic rings. The molecule has 3 heteroatoms. The third-order valence-electron chi connectivity index (χ3n) is 8.46. The lowest BCUT2D eigenvalue weighted by molar-refractivity contribution is 0.279. The van der Waals surface area contributed by atoms with Crippen LogP contribution < -0.4 is 11.1 Å². The summed E-state index contributed by atoms with van der Waals surface area (Å²) in [6, 6.07) is 6.94. The Balaban J connectivity index is 0.00000232. The molecule has 0 bridgehead atoms. The van der Waals surface area contributed by atoms with Crippen LogP contribution in [0.5, 0.6) is 0 Å². The fraction of sp³-hybridized carbons (Fsp3) is 0.676. The van der Waals surface area contributed by atoms with Crippen LogP contribution in [0.2, 0.25) is 0 Å². The first-order valence-electron chi connectivity index (χ1n) is 16.2. The Morgan fingerprint density at radius 3 is 2.08 bits per heavy atom. The van der Waals surface area contributed by atoms with Gasteiger partial charge in [-0.15, -0.1) is 0 Å². The van der Waals surface area contributed by atoms with Gasteiger partial charge in [0.2, 0.25) is 0 Å². The van der Waals surface area contributed by atoms with Crippen molar-refractivity contribution in [1.29, 1.82) is 0 Å². The van der Waals surface area contributed by atoms with E-state index in [1.165, 1.54) is 54.1 Å². The molecule has 3 unspecified atom stereocenters. The Bertz CT molecular complexity index is 976. The second-order valence-corrected chi connectivity index (χ2v) is 13.1. The molecule has 0 amide bonds. The van der Waals surface area contributed by atoms with E-state index in [9.17, 15) is 0 Å². The summed E-state index contributed by atoms with van der Waals surface area (Å²) in [6.07, 6.45) is 9.61. The van der Waals surface area contributed by atoms with Gasteiger partial charge >= 0.3 is 0 Å². The standard InChI is InChI=1S/C31H51N3.C4H10.C2H6/c1-20(2)27(16-26-12-14-30-29(17-26)23(6)18-33-30)13-11-22(5)15-28(21(3)4)24(7)34-19-31(9,10)25(8)32;1-3-4-2;1-2/h12,14,17-18,20-22,27-28,33-34H,7-8,11,13,15-16,19,32H2,1-6,9-10H3;3-4H2,1-2H3;1-2H3. The number of benzene rings is 1. The van der Waals surface area contributed by atoms with E-state index in [2.05, 4.69) is 117 Å². The first kappa shape index (κ1) is 37.8. The molecule has 1 aromatic carbocycles. The van der Waals surface area contributed by atoms with E-state index in [-0.39, 0.29) is 5.41 Å². The molecule has 0 saturated carbocycles. The molecule has 0 spiro atoms. The number of hydrogen-bond donors (Lipinski definition) is 3. The highest BCUT2D eigenvalue weighted by Gasteiger charge is 2.25. The van der Waals surface area contributed by atoms with E-state index in [4.69, 9.17) is 5.73 Å². The summed E-state index contributed by atoms with van der Waals surface area (Å²) in [5, 5.41) is 4.95. The lowest BCUT2D eigenvalue weighted by Gasteiger charge is -2.32. The predicted octanol–water partition coefficient (Wildman–Crippen LogP) is 10.8. The van der Waals surface area contributed by atoms with E-state index in [1.54, 1.807) is 0 Å². The molecule has 0 aliphatic heterocycles. The van der Waals surface area contributed by atoms with Gasteiger partial charge < -0.3 is 16.0 Å². The molecule has 2 rings (SSSR count). The van der Waals surface area contributed by atoms with Crippen LogP contribution in [-0.2, 0) is 6.42 Å². The first-order valence-corrected chi connectivity index (χ1v) is 16.2. The third kappa shape index (κ3) is 13.0. The Hall–Kier alpha value is -2.16. The summed E-state index contributed by atoms with van der Waals surface area (Å²) in [6.45, 7) is 35.7. The Morgan fingerprint density at radius 1 is 0.975 bits per heavy atom. The number of hydrogen-bond acceptors (Lipinski definition) is 2. The van der Waals surface area contributed by atoms with Crippen molar-refractivity contribution in [3.63, 3.8) is 0 Å². The van der Waals surface area contributed by atoms with Gasteiger partial charge in [0.25, 0.3) is 0 Å². The number of unbranched alkanes of at least 4 members (excludes halogenated alkanes) is 1. The average Bonchev–Trinajstić information content (AvgIpc) is 3.28. The molecular weight excluding hydrogens is 486 g/mol. The van der Waals surface area contributed by atoms with Gasteiger partial charge in [-0.05, 0) is 73.1 Å². The van der Waals surface area contributed by atoms with Crippen LogP contribution in [0.1, 0.15) is 119 Å². The molecule has 3 nitrogen and oxygen atoms in total. The molecule has 1 aromatic heterocycles. The number of allylic oxidation sites excluding steroid dienone is 1. The number of fused-ring (bicyclic) bond motifs is 1. The molecule has 4 N–H and O–H groups in total. The van der Waals surface area contributed by atoms with Crippen LogP contribution in [-0.4, -0.2) is 11.5 Å². The van der Waals surface area contributed by atoms with Crippen molar-refractivity contribution in [1.82, 2.24) is 10.3 Å². The summed E-state index contributed by atoms with van der Waals surface area (Å²) in [4.78, 5) is 3.37. The molecule has 0 fully saturated rings. The topological polar surface area (TPSA) is 53.8 Å². The maximum atomic E-state index is 5.98. The van der Waals surface area contributed by atoms with Gasteiger partial charge in [0.1, 0.15) is 0 Å². The summed E-state index contributed by atoms with van der Waals surface area (Å²) in [5.74, 6) is 3.07. The van der Waals surface area contributed by atoms with Crippen molar-refractivity contribution in [2.24, 2.45) is 40.7 Å². The van der Waals surface area contributed by atoms with Crippen LogP contribution >= 0.6 is 0 Å². The van der Waals surface area contributed by atoms with Crippen LogP contribution in [0.3, 0.4) is 0 Å². The molecule has 40 heavy (non-hydrogen) atoms. The Labute approximate surface area is 249 Å². The third-order valence-corrected chi connectivity index (χ3v) is 8.46. The molecule has 230 valence electrons. The molecule has 2 aromatic rings. The summed E-state index contributed by atoms with van der Waals surface area (Å²) in [7, 11) is 0. The molecular formula is C37H67N3. The fourth-order valence-electron chi connectivity index (χ4n) is 4.85. The number of rotatable bonds is 15. The Kier molecular flexibility index (Phi) is 18.0. The minimum absolute atomic E-state index is 0.136. The highest BCUT2D eigenvalue weighted by atomic mass is 14.9. The first-order chi connectivity index (χ1) is 18.7. The minimum atomic E-state index is -0.136. The molecule has 1 heterocycles. The smallest absolute Gasteiger partial charge is 0.0456 e. The normalized spacial score (nSPS) is 13.7. The van der Waals surface area contributed by atoms with Crippen LogP contribution in [0.25, 0.3) is 10.9 Å². The van der Waals surface area contributed by atoms with E-state index in [0.29, 0.717) is 35.3 Å². The predicted molar refractivity (Wildman–Crippen MR) is 183 cm³/mol. The zero-order valence-electron chi connectivity index (χ0n) is 28.6. The SMILES string of the molecule is C=C(NCC(C)(C)C(=C)N)C(CC(C)CCC(Cc1ccc2[nH]cc(C)c2c1)C(C)C)C(C)C.CC.CCCC. The molecule has 3 atom stereocenters. The molecule has 0 radical (unpaired) electrons. The second-order valence-electron chi connectivity index (χ2n) is 13.1. The number of aryl methyl sites for hydroxylation is 1. The fourth-order valence-corrected chi connectivity index (χ4v) is 4.85. The monoisotopic (exact) mass is 554 g/mol. The zero-order valence-corrected chi connectivity index (χ0v) is 28.6. The maximum Gasteiger partial charge on any atom is 0.0456 e. The van der Waals surface area contributed by atoms with Crippen LogP contribution in [0.15, 0.2) is 48.9 Å². The summed E-state index contributed by atoms with van der Waals surface area (Å²) >= 11 is 0. The van der Waals surface area contributed by atoms with E-state index < -0.39 is 0 Å². The highest BCUT2D eigenvalue weighted by molar-refractivity contribution is 5.83. The molecule has 0 saturated heterocycles. The number of aromatic nitrogens is 1. The molecule has 0 aliphatic carbocycles. The number of nitrogens with one attached hydrogen (secondary N) is 2. The van der Waals surface area contributed by atoms with Gasteiger partial charge in [-0.1, -0.05) is 115 Å². The maximum absolute atomic E-state index is 5.98. The Morgan fingerprint density at radius 2 is 1.57 bits per heavy atom. The van der Waals surface area contributed by atoms with Gasteiger partial charge in [-0.25, -0.2) is 0 Å².